The van der Waals surface area contributed by atoms with Crippen molar-refractivity contribution in [1.82, 2.24) is 9.97 Å². The van der Waals surface area contributed by atoms with Gasteiger partial charge in [-0.15, -0.1) is 0 Å². The number of carboxylic acid groups (broad SMARTS) is 1. The monoisotopic (exact) mass is 297 g/mol. The van der Waals surface area contributed by atoms with Crippen molar-refractivity contribution in [2.75, 3.05) is 4.72 Å². The molecule has 1 aromatic heterocycles. The fraction of sp³-hybridized carbons (Fsp3) is 0. The molecule has 0 unspecified atom stereocenters. The summed E-state index contributed by atoms with van der Waals surface area (Å²) in [6.45, 7) is 0. The predicted molar refractivity (Wildman–Crippen MR) is 66.2 cm³/mol. The second kappa shape index (κ2) is 5.21. The van der Waals surface area contributed by atoms with Crippen molar-refractivity contribution in [2.45, 2.75) is 4.90 Å². The lowest BCUT2D eigenvalue weighted by atomic mass is 10.4. The summed E-state index contributed by atoms with van der Waals surface area (Å²) >= 11 is 0. The number of carbonyl (C=O) groups is 1. The highest BCUT2D eigenvalue weighted by atomic mass is 32.2. The van der Waals surface area contributed by atoms with Crippen molar-refractivity contribution < 1.29 is 22.7 Å². The molecule has 1 aromatic carbocycles. The van der Waals surface area contributed by atoms with Crippen LogP contribution in [0.4, 0.5) is 10.2 Å². The fourth-order valence-corrected chi connectivity index (χ4v) is 2.51. The molecule has 2 N–H and O–H groups in total. The molecule has 9 heteroatoms. The molecule has 0 saturated carbocycles. The number of aromatic nitrogens is 2. The Morgan fingerprint density at radius 2 is 1.85 bits per heavy atom. The van der Waals surface area contributed by atoms with Crippen LogP contribution in [-0.2, 0) is 10.0 Å². The highest BCUT2D eigenvalue weighted by molar-refractivity contribution is 7.92. The molecule has 0 aliphatic carbocycles. The van der Waals surface area contributed by atoms with Crippen LogP contribution in [0.1, 0.15) is 10.5 Å². The van der Waals surface area contributed by atoms with E-state index in [0.29, 0.717) is 0 Å². The minimum atomic E-state index is -4.29. The zero-order chi connectivity index (χ0) is 14.8. The van der Waals surface area contributed by atoms with E-state index in [9.17, 15) is 17.6 Å². The van der Waals surface area contributed by atoms with Crippen molar-refractivity contribution >= 4 is 21.8 Å². The number of halogens is 1. The molecule has 0 radical (unpaired) electrons. The van der Waals surface area contributed by atoms with Gasteiger partial charge in [0, 0.05) is 12.4 Å². The molecule has 0 aliphatic heterocycles. The van der Waals surface area contributed by atoms with Gasteiger partial charge < -0.3 is 5.11 Å². The number of carboxylic acids is 1. The Morgan fingerprint density at radius 3 is 2.50 bits per heavy atom. The number of hydrogen-bond acceptors (Lipinski definition) is 5. The molecule has 0 bridgehead atoms. The van der Waals surface area contributed by atoms with E-state index in [1.165, 1.54) is 12.1 Å². The molecule has 104 valence electrons. The molecule has 20 heavy (non-hydrogen) atoms. The molecule has 2 rings (SSSR count). The van der Waals surface area contributed by atoms with Gasteiger partial charge in [-0.1, -0.05) is 12.1 Å². The molecule has 7 nitrogen and oxygen atoms in total. The number of hydrogen-bond donors (Lipinski definition) is 2. The van der Waals surface area contributed by atoms with Gasteiger partial charge in [0.1, 0.15) is 10.7 Å². The number of nitrogens with one attached hydrogen (secondary N) is 1. The SMILES string of the molecule is O=C(O)c1nccnc1NS(=O)(=O)c1ccccc1F. The van der Waals surface area contributed by atoms with Gasteiger partial charge >= 0.3 is 5.97 Å². The van der Waals surface area contributed by atoms with Gasteiger partial charge in [-0.3, -0.25) is 4.72 Å². The van der Waals surface area contributed by atoms with Crippen molar-refractivity contribution in [3.05, 3.63) is 48.2 Å². The zero-order valence-corrected chi connectivity index (χ0v) is 10.6. The highest BCUT2D eigenvalue weighted by Gasteiger charge is 2.22. The van der Waals surface area contributed by atoms with Gasteiger partial charge in [0.15, 0.2) is 11.5 Å². The standard InChI is InChI=1S/C11H8FN3O4S/c12-7-3-1-2-4-8(7)20(18,19)15-10-9(11(16)17)13-5-6-14-10/h1-6H,(H,14,15)(H,16,17). The molecule has 0 atom stereocenters. The molecule has 0 fully saturated rings. The van der Waals surface area contributed by atoms with Crippen LogP contribution in [0.25, 0.3) is 0 Å². The van der Waals surface area contributed by atoms with Crippen LogP contribution in [0.5, 0.6) is 0 Å². The largest absolute Gasteiger partial charge is 0.476 e. The van der Waals surface area contributed by atoms with Crippen LogP contribution < -0.4 is 4.72 Å². The second-order valence-electron chi connectivity index (χ2n) is 3.59. The number of aromatic carboxylic acids is 1. The van der Waals surface area contributed by atoms with Crippen molar-refractivity contribution in [2.24, 2.45) is 0 Å². The van der Waals surface area contributed by atoms with E-state index < -0.39 is 38.2 Å². The van der Waals surface area contributed by atoms with Crippen molar-refractivity contribution in [3.63, 3.8) is 0 Å². The average Bonchev–Trinajstić information content (AvgIpc) is 2.39. The first-order valence-electron chi connectivity index (χ1n) is 5.23. The van der Waals surface area contributed by atoms with Gasteiger partial charge in [0.25, 0.3) is 10.0 Å². The summed E-state index contributed by atoms with van der Waals surface area (Å²) in [5.74, 6) is -2.90. The Hall–Kier alpha value is -2.55. The smallest absolute Gasteiger partial charge is 0.358 e. The number of benzene rings is 1. The third kappa shape index (κ3) is 2.72. The maximum atomic E-state index is 13.5. The average molecular weight is 297 g/mol. The minimum Gasteiger partial charge on any atom is -0.476 e. The van der Waals surface area contributed by atoms with Gasteiger partial charge in [-0.05, 0) is 12.1 Å². The molecular formula is C11H8FN3O4S. The topological polar surface area (TPSA) is 109 Å². The lowest BCUT2D eigenvalue weighted by Gasteiger charge is -2.09. The maximum Gasteiger partial charge on any atom is 0.358 e. The van der Waals surface area contributed by atoms with Crippen LogP contribution in [0, 0.1) is 5.82 Å². The molecular weight excluding hydrogens is 289 g/mol. The third-order valence-corrected chi connectivity index (χ3v) is 3.63. The van der Waals surface area contributed by atoms with Gasteiger partial charge in [-0.2, -0.15) is 0 Å². The van der Waals surface area contributed by atoms with Crippen LogP contribution in [0.2, 0.25) is 0 Å². The first-order chi connectivity index (χ1) is 9.42. The van der Waals surface area contributed by atoms with E-state index >= 15 is 0 Å². The van der Waals surface area contributed by atoms with Crippen LogP contribution >= 0.6 is 0 Å². The summed E-state index contributed by atoms with van der Waals surface area (Å²) in [7, 11) is -4.29. The Bertz CT molecular complexity index is 764. The number of rotatable bonds is 4. The first kappa shape index (κ1) is 13.9. The van der Waals surface area contributed by atoms with E-state index in [2.05, 4.69) is 9.97 Å². The molecule has 0 amide bonds. The predicted octanol–water partition coefficient (Wildman–Crippen LogP) is 1.11. The Kier molecular flexibility index (Phi) is 3.61. The zero-order valence-electron chi connectivity index (χ0n) is 9.82. The van der Waals surface area contributed by atoms with Crippen LogP contribution in [-0.4, -0.2) is 29.5 Å². The van der Waals surface area contributed by atoms with Gasteiger partial charge in [0.05, 0.1) is 0 Å². The van der Waals surface area contributed by atoms with Crippen molar-refractivity contribution in [1.29, 1.82) is 0 Å². The summed E-state index contributed by atoms with van der Waals surface area (Å²) in [5, 5.41) is 8.88. The fourth-order valence-electron chi connectivity index (χ4n) is 1.41. The van der Waals surface area contributed by atoms with E-state index in [1.807, 2.05) is 4.72 Å². The molecule has 0 saturated heterocycles. The lowest BCUT2D eigenvalue weighted by Crippen LogP contribution is -2.18. The third-order valence-electron chi connectivity index (χ3n) is 2.26. The van der Waals surface area contributed by atoms with E-state index in [0.717, 1.165) is 24.5 Å². The van der Waals surface area contributed by atoms with Crippen molar-refractivity contribution in [3.8, 4) is 0 Å². The molecule has 0 aliphatic rings. The Balaban J connectivity index is 2.45. The van der Waals surface area contributed by atoms with E-state index in [4.69, 9.17) is 5.11 Å². The lowest BCUT2D eigenvalue weighted by molar-refractivity contribution is 0.0691. The van der Waals surface area contributed by atoms with Gasteiger partial charge in [-0.25, -0.2) is 27.6 Å². The summed E-state index contributed by atoms with van der Waals surface area (Å²) in [5.41, 5.74) is -0.576. The van der Waals surface area contributed by atoms with E-state index in [1.54, 1.807) is 0 Å². The number of nitrogens with zero attached hydrogens (tertiary/aromatic N) is 2. The normalized spacial score (nSPS) is 11.1. The second-order valence-corrected chi connectivity index (χ2v) is 5.25. The summed E-state index contributed by atoms with van der Waals surface area (Å²) < 4.78 is 39.3. The summed E-state index contributed by atoms with van der Waals surface area (Å²) in [6, 6.07) is 4.70. The summed E-state index contributed by atoms with van der Waals surface area (Å²) in [4.78, 5) is 17.4. The number of anilines is 1. The Morgan fingerprint density at radius 1 is 1.20 bits per heavy atom. The van der Waals surface area contributed by atoms with Crippen LogP contribution in [0.15, 0.2) is 41.6 Å². The van der Waals surface area contributed by atoms with Gasteiger partial charge in [0.2, 0.25) is 0 Å². The van der Waals surface area contributed by atoms with E-state index in [-0.39, 0.29) is 0 Å². The Labute approximate surface area is 113 Å². The quantitative estimate of drug-likeness (QED) is 0.875. The van der Waals surface area contributed by atoms with Crippen LogP contribution in [0.3, 0.4) is 0 Å². The maximum absolute atomic E-state index is 13.5. The molecule has 2 aromatic rings. The minimum absolute atomic E-state index is 0.483. The number of sulfonamides is 1. The highest BCUT2D eigenvalue weighted by Crippen LogP contribution is 2.18. The molecule has 0 spiro atoms. The molecule has 1 heterocycles. The summed E-state index contributed by atoms with van der Waals surface area (Å²) in [6.07, 6.45) is 2.22. The first-order valence-corrected chi connectivity index (χ1v) is 6.72.